The first-order valence-corrected chi connectivity index (χ1v) is 41.5. The summed E-state index contributed by atoms with van der Waals surface area (Å²) in [6.07, 6.45) is 12.2. The summed E-state index contributed by atoms with van der Waals surface area (Å²) < 4.78 is 19.4. The zero-order valence-electron chi connectivity index (χ0n) is 71.6. The largest absolute Gasteiger partial charge is 0.497 e. The van der Waals surface area contributed by atoms with Gasteiger partial charge in [-0.1, -0.05) is 197 Å². The van der Waals surface area contributed by atoms with Crippen LogP contribution in [0.2, 0.25) is 0 Å². The lowest BCUT2D eigenvalue weighted by Crippen LogP contribution is -2.35. The highest BCUT2D eigenvalue weighted by atomic mass is 35.5. The fourth-order valence-electron chi connectivity index (χ4n) is 13.9. The summed E-state index contributed by atoms with van der Waals surface area (Å²) in [6, 6.07) is 79.0. The Morgan fingerprint density at radius 3 is 0.829 bits per heavy atom. The number of aliphatic hydroxyl groups excluding tert-OH is 1. The van der Waals surface area contributed by atoms with E-state index >= 15 is 0 Å². The van der Waals surface area contributed by atoms with Crippen molar-refractivity contribution in [2.45, 2.75) is 72.7 Å². The van der Waals surface area contributed by atoms with Crippen molar-refractivity contribution in [1.29, 1.82) is 0 Å². The van der Waals surface area contributed by atoms with Gasteiger partial charge in [0.05, 0.1) is 90.6 Å². The van der Waals surface area contributed by atoms with E-state index in [1.165, 1.54) is 37.1 Å². The molecule has 0 bridgehead atoms. The minimum Gasteiger partial charge on any atom is -0.497 e. The average molecular weight is 1760 g/mol. The number of hydrogen-bond acceptors (Lipinski definition) is 21. The summed E-state index contributed by atoms with van der Waals surface area (Å²) in [5, 5.41) is 70.3. The van der Waals surface area contributed by atoms with E-state index in [0.717, 1.165) is 135 Å². The molecule has 15 aromatic rings. The molecule has 664 valence electrons. The molecule has 0 spiro atoms. The van der Waals surface area contributed by atoms with Gasteiger partial charge in [0.1, 0.15) is 34.2 Å². The fourth-order valence-corrected chi connectivity index (χ4v) is 13.9. The molecular weight excluding hydrogens is 1650 g/mol. The number of aromatic nitrogens is 15. The van der Waals surface area contributed by atoms with Crippen molar-refractivity contribution in [2.75, 3.05) is 74.7 Å². The number of carbonyl (C=O) groups excluding carboxylic acids is 5. The van der Waals surface area contributed by atoms with Crippen molar-refractivity contribution >= 4 is 41.9 Å². The highest BCUT2D eigenvalue weighted by molar-refractivity contribution is 5.96. The van der Waals surface area contributed by atoms with Gasteiger partial charge in [-0.05, 0) is 155 Å². The second kappa shape index (κ2) is 48.0. The van der Waals surface area contributed by atoms with Gasteiger partial charge >= 0.3 is 0 Å². The predicted molar refractivity (Wildman–Crippen MR) is 495 cm³/mol. The van der Waals surface area contributed by atoms with Crippen LogP contribution in [-0.2, 0) is 57.2 Å². The van der Waals surface area contributed by atoms with Gasteiger partial charge in [0, 0.05) is 110 Å². The number of morpholine rings is 1. The minimum absolute atomic E-state index is 0. The standard InChI is InChI=1S/C22H25N5O.C21H23N5O3.2C18H18N4O2.C17H16N4O.CH4.ClH/c1-23-22(28)20-10-6-18(7-11-20)15-27-16-21(24-25-27)19-8-4-17(5-9-19)14-26-12-2-3-13-26;27-21(23-28)19-7-3-17(4-8-19)14-26-15-20(22-24-26)18-5-1-16(2-6-18)13-25-9-11-29-12-10-25;1-19-18(24)16-8-2-13(3-9-16)10-22-11-17(20-21-22)15-6-4-14(12-23)5-7-15;1-19-18(23)15-5-3-13(4-6-15)11-22-12-17(20-21-22)14-7-9-16(24-2)10-8-14;1-18-17(22)15-9-7-13(8-10-15)11-21-12-16(19-20-21)14-5-3-2-4-6-14;;/h4-11,16H,2-3,12-15H2,1H3,(H,23,28);1-8,15,28H,9-14H2,(H,23,27);2-9,11,23H,10,12H2,1H3,(H,19,24);3-10,12H,11H2,1-2H3,(H,19,23);2-10,12H,11H2,1H3,(H,18,22);1H4;1H. The second-order valence-corrected chi connectivity index (χ2v) is 30.0. The maximum Gasteiger partial charge on any atom is 0.274 e. The summed E-state index contributed by atoms with van der Waals surface area (Å²) in [7, 11) is 8.12. The van der Waals surface area contributed by atoms with Crippen molar-refractivity contribution in [3.8, 4) is 62.0 Å². The van der Waals surface area contributed by atoms with E-state index in [1.54, 1.807) is 95.9 Å². The number of rotatable bonds is 26. The number of aliphatic hydroxyl groups is 1. The number of likely N-dealkylation sites (tertiary alicyclic amines) is 1. The van der Waals surface area contributed by atoms with E-state index in [1.807, 2.05) is 199 Å². The molecule has 129 heavy (non-hydrogen) atoms. The van der Waals surface area contributed by atoms with Gasteiger partial charge in [0.15, 0.2) is 0 Å². The quantitative estimate of drug-likeness (QED) is 0.0196. The van der Waals surface area contributed by atoms with Crippen molar-refractivity contribution in [1.82, 2.24) is 112 Å². The number of ether oxygens (including phenoxy) is 2. The Bertz CT molecular complexity index is 5860. The Labute approximate surface area is 754 Å². The molecule has 7 heterocycles. The Morgan fingerprint density at radius 1 is 0.326 bits per heavy atom. The molecule has 31 nitrogen and oxygen atoms in total. The van der Waals surface area contributed by atoms with Crippen LogP contribution in [0.25, 0.3) is 56.3 Å². The molecule has 0 aliphatic carbocycles. The molecule has 10 aromatic carbocycles. The van der Waals surface area contributed by atoms with Gasteiger partial charge in [-0.15, -0.1) is 37.9 Å². The molecule has 32 heteroatoms. The molecule has 2 saturated heterocycles. The zero-order valence-corrected chi connectivity index (χ0v) is 72.5. The number of nitrogens with zero attached hydrogens (tertiary/aromatic N) is 17. The molecule has 5 aromatic heterocycles. The monoisotopic (exact) mass is 1760 g/mol. The number of hydroxylamine groups is 1. The zero-order chi connectivity index (χ0) is 88.6. The predicted octanol–water partition coefficient (Wildman–Crippen LogP) is 12.5. The summed E-state index contributed by atoms with van der Waals surface area (Å²) >= 11 is 0. The molecule has 0 saturated carbocycles. The number of methoxy groups -OCH3 is 1. The van der Waals surface area contributed by atoms with Crippen molar-refractivity contribution in [2.24, 2.45) is 0 Å². The average Bonchev–Trinajstić information content (AvgIpc) is 1.73. The third kappa shape index (κ3) is 27.6. The van der Waals surface area contributed by atoms with E-state index in [2.05, 4.69) is 131 Å². The van der Waals surface area contributed by atoms with Gasteiger partial charge in [-0.3, -0.25) is 39.0 Å². The molecule has 2 aliphatic heterocycles. The van der Waals surface area contributed by atoms with Crippen LogP contribution in [-0.4, -0.2) is 199 Å². The van der Waals surface area contributed by atoms with E-state index < -0.39 is 5.91 Å². The molecule has 5 amide bonds. The third-order valence-corrected chi connectivity index (χ3v) is 21.0. The normalized spacial score (nSPS) is 12.1. The number of hydrogen-bond donors (Lipinski definition) is 7. The van der Waals surface area contributed by atoms with Gasteiger partial charge in [0.2, 0.25) is 0 Å². The van der Waals surface area contributed by atoms with Crippen molar-refractivity contribution < 1.29 is 43.8 Å². The first-order chi connectivity index (χ1) is 62.1. The van der Waals surface area contributed by atoms with Gasteiger partial charge in [-0.2, -0.15) is 0 Å². The van der Waals surface area contributed by atoms with Crippen LogP contribution in [0.4, 0.5) is 0 Å². The smallest absolute Gasteiger partial charge is 0.274 e. The highest BCUT2D eigenvalue weighted by Gasteiger charge is 2.17. The van der Waals surface area contributed by atoms with Crippen LogP contribution < -0.4 is 31.5 Å². The van der Waals surface area contributed by atoms with Crippen LogP contribution in [0, 0.1) is 0 Å². The maximum atomic E-state index is 11.6. The lowest BCUT2D eigenvalue weighted by molar-refractivity contribution is 0.0342. The lowest BCUT2D eigenvalue weighted by Gasteiger charge is -2.26. The Hall–Kier alpha value is -14.9. The Morgan fingerprint density at radius 2 is 0.566 bits per heavy atom. The molecular formula is C97H105ClN22O9. The number of nitrogens with one attached hydrogen (secondary N) is 5. The first-order valence-electron chi connectivity index (χ1n) is 41.5. The second-order valence-electron chi connectivity index (χ2n) is 30.0. The summed E-state index contributed by atoms with van der Waals surface area (Å²) in [6.45, 7) is 10.9. The van der Waals surface area contributed by atoms with Crippen LogP contribution in [0.1, 0.15) is 117 Å². The van der Waals surface area contributed by atoms with E-state index in [-0.39, 0.29) is 50.1 Å². The van der Waals surface area contributed by atoms with E-state index in [0.29, 0.717) is 60.5 Å². The van der Waals surface area contributed by atoms with Crippen molar-refractivity contribution in [3.05, 3.63) is 352 Å². The molecule has 7 N–H and O–H groups in total. The molecule has 0 unspecified atom stereocenters. The molecule has 0 atom stereocenters. The van der Waals surface area contributed by atoms with Crippen LogP contribution in [0.3, 0.4) is 0 Å². The molecule has 17 rings (SSSR count). The summed E-state index contributed by atoms with van der Waals surface area (Å²) in [5.41, 5.74) is 22.5. The van der Waals surface area contributed by atoms with E-state index in [9.17, 15) is 24.0 Å². The van der Waals surface area contributed by atoms with Gasteiger partial charge in [-0.25, -0.2) is 28.9 Å². The topological polar surface area (TPSA) is 364 Å². The van der Waals surface area contributed by atoms with Crippen molar-refractivity contribution in [3.63, 3.8) is 0 Å². The lowest BCUT2D eigenvalue weighted by atomic mass is 10.1. The SMILES string of the molecule is C.CNC(=O)c1ccc(Cn2cc(-c3ccc(CN4CCCC4)cc3)nn2)cc1.CNC(=O)c1ccc(Cn2cc(-c3ccc(CO)cc3)nn2)cc1.CNC(=O)c1ccc(Cn2cc(-c3ccc(OC)cc3)nn2)cc1.CNC(=O)c1ccc(Cn2cc(-c3ccccc3)nn2)cc1.Cl.O=C(NO)c1ccc(Cn2cc(-c3ccc(CN4CCOCC4)cc3)nn2)cc1. The fraction of sp³-hybridized carbons (Fsp3) is 0.227. The number of carbonyl (C=O) groups is 5. The van der Waals surface area contributed by atoms with Gasteiger partial charge < -0.3 is 35.8 Å². The first kappa shape index (κ1) is 94.8. The maximum absolute atomic E-state index is 11.6. The Kier molecular flexibility index (Phi) is 35.3. The summed E-state index contributed by atoms with van der Waals surface area (Å²) in [4.78, 5) is 62.5. The number of halogens is 1. The Balaban J connectivity index is 0.000000156. The summed E-state index contributed by atoms with van der Waals surface area (Å²) in [5.74, 6) is -0.0829. The molecule has 2 aliphatic rings. The highest BCUT2D eigenvalue weighted by Crippen LogP contribution is 2.26. The van der Waals surface area contributed by atoms with Crippen LogP contribution in [0.5, 0.6) is 5.75 Å². The van der Waals surface area contributed by atoms with E-state index in [4.69, 9.17) is 19.8 Å². The van der Waals surface area contributed by atoms with Crippen LogP contribution in [0.15, 0.2) is 280 Å². The minimum atomic E-state index is -0.531. The number of benzene rings is 10. The molecule has 0 radical (unpaired) electrons. The van der Waals surface area contributed by atoms with Crippen LogP contribution >= 0.6 is 12.4 Å². The van der Waals surface area contributed by atoms with Gasteiger partial charge in [0.25, 0.3) is 29.5 Å². The third-order valence-electron chi connectivity index (χ3n) is 21.0. The molecule has 2 fully saturated rings. The number of amides is 5.